The Morgan fingerprint density at radius 2 is 2.11 bits per heavy atom. The highest BCUT2D eigenvalue weighted by Crippen LogP contribution is 2.28. The Morgan fingerprint density at radius 3 is 2.74 bits per heavy atom. The quantitative estimate of drug-likeness (QED) is 0.906. The second kappa shape index (κ2) is 6.12. The average molecular weight is 280 g/mol. The van der Waals surface area contributed by atoms with Crippen molar-refractivity contribution in [1.29, 1.82) is 0 Å². The molecule has 0 amide bonds. The number of halogens is 1. The highest BCUT2D eigenvalue weighted by Gasteiger charge is 2.16. The highest BCUT2D eigenvalue weighted by molar-refractivity contribution is 7.09. The second-order valence-corrected chi connectivity index (χ2v) is 5.32. The van der Waals surface area contributed by atoms with Crippen LogP contribution in [0.15, 0.2) is 29.9 Å². The van der Waals surface area contributed by atoms with Crippen molar-refractivity contribution in [3.63, 3.8) is 0 Å². The average Bonchev–Trinajstić information content (AvgIpc) is 2.92. The lowest BCUT2D eigenvalue weighted by Gasteiger charge is -2.21. The van der Waals surface area contributed by atoms with E-state index in [9.17, 15) is 4.39 Å². The molecule has 5 heteroatoms. The van der Waals surface area contributed by atoms with E-state index in [-0.39, 0.29) is 17.9 Å². The third kappa shape index (κ3) is 3.30. The van der Waals surface area contributed by atoms with Crippen LogP contribution in [-0.4, -0.2) is 12.1 Å². The number of rotatable bonds is 5. The van der Waals surface area contributed by atoms with Crippen molar-refractivity contribution in [1.82, 2.24) is 10.3 Å². The first kappa shape index (κ1) is 14.0. The lowest BCUT2D eigenvalue weighted by molar-refractivity contribution is 0.395. The van der Waals surface area contributed by atoms with Gasteiger partial charge in [-0.25, -0.2) is 4.39 Å². The minimum Gasteiger partial charge on any atom is -0.496 e. The number of ether oxygens (including phenoxy) is 1. The summed E-state index contributed by atoms with van der Waals surface area (Å²) in [6.45, 7) is 4.06. The number of thiazole rings is 1. The first-order valence-electron chi connectivity index (χ1n) is 6.09. The summed E-state index contributed by atoms with van der Waals surface area (Å²) in [5, 5.41) is 3.42. The van der Waals surface area contributed by atoms with Gasteiger partial charge in [-0.15, -0.1) is 11.3 Å². The Bertz CT molecular complexity index is 530. The van der Waals surface area contributed by atoms with Gasteiger partial charge in [-0.05, 0) is 32.0 Å². The topological polar surface area (TPSA) is 34.1 Å². The predicted molar refractivity (Wildman–Crippen MR) is 75.0 cm³/mol. The number of nitrogens with one attached hydrogen (secondary N) is 1. The zero-order valence-electron chi connectivity index (χ0n) is 11.2. The van der Waals surface area contributed by atoms with E-state index in [1.807, 2.05) is 13.1 Å². The van der Waals surface area contributed by atoms with Gasteiger partial charge in [-0.1, -0.05) is 0 Å². The normalized spacial score (nSPS) is 14.1. The molecular formula is C14H17FN2OS. The Labute approximate surface area is 116 Å². The minimum absolute atomic E-state index is 0.0113. The lowest BCUT2D eigenvalue weighted by atomic mass is 10.1. The van der Waals surface area contributed by atoms with Crippen LogP contribution in [0.2, 0.25) is 0 Å². The summed E-state index contributed by atoms with van der Waals surface area (Å²) in [7, 11) is 1.59. The van der Waals surface area contributed by atoms with Crippen molar-refractivity contribution in [2.24, 2.45) is 0 Å². The third-order valence-electron chi connectivity index (χ3n) is 3.04. The van der Waals surface area contributed by atoms with Crippen molar-refractivity contribution in [2.75, 3.05) is 7.11 Å². The van der Waals surface area contributed by atoms with Crippen molar-refractivity contribution >= 4 is 11.3 Å². The van der Waals surface area contributed by atoms with Crippen LogP contribution >= 0.6 is 11.3 Å². The maximum Gasteiger partial charge on any atom is 0.123 e. The molecular weight excluding hydrogens is 263 g/mol. The number of benzene rings is 1. The number of aromatic nitrogens is 1. The molecule has 1 N–H and O–H groups in total. The summed E-state index contributed by atoms with van der Waals surface area (Å²) in [4.78, 5) is 5.22. The van der Waals surface area contributed by atoms with Gasteiger partial charge in [-0.3, -0.25) is 4.98 Å². The van der Waals surface area contributed by atoms with Crippen molar-refractivity contribution in [2.45, 2.75) is 25.9 Å². The van der Waals surface area contributed by atoms with Crippen LogP contribution in [0.5, 0.6) is 5.75 Å². The van der Waals surface area contributed by atoms with Crippen LogP contribution in [-0.2, 0) is 0 Å². The maximum absolute atomic E-state index is 13.4. The van der Waals surface area contributed by atoms with Crippen LogP contribution in [0.4, 0.5) is 4.39 Å². The predicted octanol–water partition coefficient (Wildman–Crippen LogP) is 3.70. The zero-order chi connectivity index (χ0) is 13.8. The molecule has 0 aliphatic heterocycles. The second-order valence-electron chi connectivity index (χ2n) is 4.40. The highest BCUT2D eigenvalue weighted by atomic mass is 32.1. The maximum atomic E-state index is 13.4. The molecule has 2 unspecified atom stereocenters. The smallest absolute Gasteiger partial charge is 0.123 e. The zero-order valence-corrected chi connectivity index (χ0v) is 12.0. The fourth-order valence-corrected chi connectivity index (χ4v) is 2.67. The monoisotopic (exact) mass is 280 g/mol. The summed E-state index contributed by atoms with van der Waals surface area (Å²) in [6, 6.07) is 4.72. The Morgan fingerprint density at radius 1 is 1.32 bits per heavy atom. The summed E-state index contributed by atoms with van der Waals surface area (Å²) in [5.74, 6) is 0.438. The van der Waals surface area contributed by atoms with Crippen molar-refractivity contribution < 1.29 is 9.13 Å². The molecule has 0 bridgehead atoms. The third-order valence-corrected chi connectivity index (χ3v) is 3.99. The molecule has 0 fully saturated rings. The van der Waals surface area contributed by atoms with Crippen LogP contribution in [0.1, 0.15) is 36.4 Å². The molecule has 102 valence electrons. The SMILES string of the molecule is COc1ccc(F)cc1C(C)NC(C)c1cncs1. The summed E-state index contributed by atoms with van der Waals surface area (Å²) < 4.78 is 18.6. The van der Waals surface area contributed by atoms with Crippen LogP contribution in [0.3, 0.4) is 0 Å². The van der Waals surface area contributed by atoms with Gasteiger partial charge in [0.05, 0.1) is 12.6 Å². The molecule has 2 rings (SSSR count). The summed E-state index contributed by atoms with van der Waals surface area (Å²) >= 11 is 1.60. The van der Waals surface area contributed by atoms with Gasteiger partial charge in [-0.2, -0.15) is 0 Å². The van der Waals surface area contributed by atoms with E-state index in [4.69, 9.17) is 4.74 Å². The molecule has 0 saturated heterocycles. The summed E-state index contributed by atoms with van der Waals surface area (Å²) in [6.07, 6.45) is 1.85. The van der Waals surface area contributed by atoms with E-state index in [1.54, 1.807) is 30.0 Å². The fourth-order valence-electron chi connectivity index (χ4n) is 2.03. The lowest BCUT2D eigenvalue weighted by Crippen LogP contribution is -2.22. The van der Waals surface area contributed by atoms with Gasteiger partial charge in [0.25, 0.3) is 0 Å². The first-order valence-corrected chi connectivity index (χ1v) is 6.97. The van der Waals surface area contributed by atoms with E-state index in [0.29, 0.717) is 5.75 Å². The fraction of sp³-hybridized carbons (Fsp3) is 0.357. The van der Waals surface area contributed by atoms with E-state index in [2.05, 4.69) is 17.2 Å². The number of hydrogen-bond donors (Lipinski definition) is 1. The van der Waals surface area contributed by atoms with Crippen molar-refractivity contribution in [3.8, 4) is 5.75 Å². The van der Waals surface area contributed by atoms with E-state index < -0.39 is 0 Å². The van der Waals surface area contributed by atoms with Gasteiger partial charge < -0.3 is 10.1 Å². The molecule has 3 nitrogen and oxygen atoms in total. The number of nitrogens with zero attached hydrogens (tertiary/aromatic N) is 1. The Balaban J connectivity index is 2.15. The van der Waals surface area contributed by atoms with Gasteiger partial charge in [0, 0.05) is 28.7 Å². The van der Waals surface area contributed by atoms with Gasteiger partial charge in [0.15, 0.2) is 0 Å². The number of hydrogen-bond acceptors (Lipinski definition) is 4. The molecule has 2 aromatic rings. The Kier molecular flexibility index (Phi) is 4.50. The standard InChI is InChI=1S/C14H17FN2OS/c1-9(17-10(2)14-7-16-8-19-14)12-6-11(15)4-5-13(12)18-3/h4-10,17H,1-3H3. The largest absolute Gasteiger partial charge is 0.496 e. The number of methoxy groups -OCH3 is 1. The van der Waals surface area contributed by atoms with E-state index in [0.717, 1.165) is 10.4 Å². The van der Waals surface area contributed by atoms with Gasteiger partial charge in [0.1, 0.15) is 11.6 Å². The Hall–Kier alpha value is -1.46. The molecule has 0 saturated carbocycles. The molecule has 1 heterocycles. The van der Waals surface area contributed by atoms with Gasteiger partial charge in [0.2, 0.25) is 0 Å². The molecule has 19 heavy (non-hydrogen) atoms. The molecule has 0 aliphatic rings. The molecule has 0 spiro atoms. The summed E-state index contributed by atoms with van der Waals surface area (Å²) in [5.41, 5.74) is 2.62. The molecule has 1 aromatic carbocycles. The first-order chi connectivity index (χ1) is 9.11. The van der Waals surface area contributed by atoms with Gasteiger partial charge >= 0.3 is 0 Å². The minimum atomic E-state index is -0.255. The van der Waals surface area contributed by atoms with Crippen LogP contribution in [0.25, 0.3) is 0 Å². The molecule has 0 aliphatic carbocycles. The van der Waals surface area contributed by atoms with Crippen molar-refractivity contribution in [3.05, 3.63) is 46.2 Å². The van der Waals surface area contributed by atoms with Crippen LogP contribution in [0, 0.1) is 5.82 Å². The van der Waals surface area contributed by atoms with Crippen LogP contribution < -0.4 is 10.1 Å². The van der Waals surface area contributed by atoms with E-state index in [1.165, 1.54) is 12.1 Å². The molecule has 2 atom stereocenters. The molecule has 1 aromatic heterocycles. The molecule has 0 radical (unpaired) electrons. The van der Waals surface area contributed by atoms with E-state index >= 15 is 0 Å².